The van der Waals surface area contributed by atoms with Gasteiger partial charge >= 0.3 is 0 Å². The Bertz CT molecular complexity index is 314. The van der Waals surface area contributed by atoms with Gasteiger partial charge in [0, 0.05) is 6.54 Å². The monoisotopic (exact) mass is 273 g/mol. The molecule has 0 bridgehead atoms. The fourth-order valence-electron chi connectivity index (χ4n) is 1.64. The molecule has 0 saturated heterocycles. The topological polar surface area (TPSA) is 41.5 Å². The lowest BCUT2D eigenvalue weighted by Crippen LogP contribution is -2.30. The van der Waals surface area contributed by atoms with Gasteiger partial charge in [0.25, 0.3) is 0 Å². The average Bonchev–Trinajstić information content (AvgIpc) is 2.29. The summed E-state index contributed by atoms with van der Waals surface area (Å²) in [5, 5.41) is 13.1. The van der Waals surface area contributed by atoms with Crippen LogP contribution < -0.4 is 10.1 Å². The van der Waals surface area contributed by atoms with Gasteiger partial charge in [-0.3, -0.25) is 0 Å². The Morgan fingerprint density at radius 1 is 1.17 bits per heavy atom. The Balaban J connectivity index is 0.00000289. The molecule has 2 N–H and O–H groups in total. The molecule has 0 amide bonds. The Hall–Kier alpha value is -0.770. The molecule has 4 heteroatoms. The van der Waals surface area contributed by atoms with E-state index in [0.29, 0.717) is 18.9 Å². The zero-order valence-electron chi connectivity index (χ0n) is 11.3. The average molecular weight is 274 g/mol. The fraction of sp³-hybridized carbons (Fsp3) is 0.571. The van der Waals surface area contributed by atoms with Crippen LogP contribution in [0, 0.1) is 5.92 Å². The van der Waals surface area contributed by atoms with E-state index in [0.717, 1.165) is 17.9 Å². The normalized spacial score (nSPS) is 12.1. The van der Waals surface area contributed by atoms with Gasteiger partial charge in [-0.1, -0.05) is 26.0 Å². The summed E-state index contributed by atoms with van der Waals surface area (Å²) in [6.45, 7) is 5.90. The van der Waals surface area contributed by atoms with Gasteiger partial charge in [-0.15, -0.1) is 12.4 Å². The zero-order valence-corrected chi connectivity index (χ0v) is 12.2. The molecule has 0 aromatic heterocycles. The first-order valence-corrected chi connectivity index (χ1v) is 6.13. The van der Waals surface area contributed by atoms with Gasteiger partial charge in [-0.25, -0.2) is 0 Å². The van der Waals surface area contributed by atoms with Crippen molar-refractivity contribution in [2.24, 2.45) is 5.92 Å². The molecular formula is C14H24ClNO2. The van der Waals surface area contributed by atoms with Gasteiger partial charge in [0.15, 0.2) is 0 Å². The van der Waals surface area contributed by atoms with Crippen LogP contribution in [-0.4, -0.2) is 31.4 Å². The largest absolute Gasteiger partial charge is 0.497 e. The summed E-state index contributed by atoms with van der Waals surface area (Å²) in [4.78, 5) is 0. The number of aliphatic hydroxyl groups excluding tert-OH is 1. The number of rotatable bonds is 7. The highest BCUT2D eigenvalue weighted by Crippen LogP contribution is 2.12. The van der Waals surface area contributed by atoms with E-state index >= 15 is 0 Å². The van der Waals surface area contributed by atoms with Gasteiger partial charge in [-0.2, -0.15) is 0 Å². The molecule has 1 rings (SSSR count). The number of aliphatic hydroxyl groups is 1. The molecule has 18 heavy (non-hydrogen) atoms. The molecule has 1 atom stereocenters. The van der Waals surface area contributed by atoms with Crippen LogP contribution in [0.25, 0.3) is 0 Å². The van der Waals surface area contributed by atoms with E-state index in [1.807, 2.05) is 24.3 Å². The Morgan fingerprint density at radius 2 is 1.78 bits per heavy atom. The van der Waals surface area contributed by atoms with Crippen molar-refractivity contribution in [3.8, 4) is 5.75 Å². The first-order valence-electron chi connectivity index (χ1n) is 6.13. The van der Waals surface area contributed by atoms with Crippen LogP contribution in [0.4, 0.5) is 0 Å². The minimum atomic E-state index is -0.331. The molecule has 3 nitrogen and oxygen atoms in total. The highest BCUT2D eigenvalue weighted by molar-refractivity contribution is 5.85. The first kappa shape index (κ1) is 17.2. The van der Waals surface area contributed by atoms with Crippen LogP contribution in [0.15, 0.2) is 24.3 Å². The number of ether oxygens (including phenoxy) is 1. The molecule has 0 aliphatic heterocycles. The second kappa shape index (κ2) is 9.20. The second-order valence-corrected chi connectivity index (χ2v) is 4.76. The molecule has 0 heterocycles. The maximum atomic E-state index is 9.85. The van der Waals surface area contributed by atoms with Crippen LogP contribution in [-0.2, 0) is 6.42 Å². The predicted molar refractivity (Wildman–Crippen MR) is 77.7 cm³/mol. The lowest BCUT2D eigenvalue weighted by atomic mass is 10.1. The molecule has 0 radical (unpaired) electrons. The van der Waals surface area contributed by atoms with E-state index in [2.05, 4.69) is 19.2 Å². The maximum Gasteiger partial charge on any atom is 0.118 e. The second-order valence-electron chi connectivity index (χ2n) is 4.76. The van der Waals surface area contributed by atoms with Crippen molar-refractivity contribution in [1.82, 2.24) is 5.32 Å². The van der Waals surface area contributed by atoms with Crippen molar-refractivity contribution in [3.05, 3.63) is 29.8 Å². The van der Waals surface area contributed by atoms with Crippen molar-refractivity contribution in [3.63, 3.8) is 0 Å². The third kappa shape index (κ3) is 6.84. The summed E-state index contributed by atoms with van der Waals surface area (Å²) in [5.41, 5.74) is 1.13. The molecule has 1 unspecified atom stereocenters. The van der Waals surface area contributed by atoms with Gasteiger partial charge in [0.1, 0.15) is 5.75 Å². The molecule has 0 spiro atoms. The van der Waals surface area contributed by atoms with Gasteiger partial charge < -0.3 is 15.2 Å². The summed E-state index contributed by atoms with van der Waals surface area (Å²) in [6.07, 6.45) is 0.344. The van der Waals surface area contributed by atoms with Crippen molar-refractivity contribution in [1.29, 1.82) is 0 Å². The molecule has 0 fully saturated rings. The summed E-state index contributed by atoms with van der Waals surface area (Å²) >= 11 is 0. The van der Waals surface area contributed by atoms with Crippen LogP contribution in [0.5, 0.6) is 5.75 Å². The maximum absolute atomic E-state index is 9.85. The highest BCUT2D eigenvalue weighted by atomic mass is 35.5. The van der Waals surface area contributed by atoms with Crippen LogP contribution in [0.1, 0.15) is 19.4 Å². The van der Waals surface area contributed by atoms with E-state index in [1.165, 1.54) is 0 Å². The number of nitrogens with one attached hydrogen (secondary N) is 1. The molecule has 0 aliphatic rings. The summed E-state index contributed by atoms with van der Waals surface area (Å²) in [7, 11) is 1.65. The minimum Gasteiger partial charge on any atom is -0.497 e. The molecule has 1 aromatic rings. The number of hydrogen-bond donors (Lipinski definition) is 2. The lowest BCUT2D eigenvalue weighted by Gasteiger charge is -2.13. The third-order valence-corrected chi connectivity index (χ3v) is 2.56. The number of methoxy groups -OCH3 is 1. The lowest BCUT2D eigenvalue weighted by molar-refractivity contribution is 0.170. The van der Waals surface area contributed by atoms with Crippen LogP contribution in [0.2, 0.25) is 0 Å². The summed E-state index contributed by atoms with van der Waals surface area (Å²) in [5.74, 6) is 1.46. The quantitative estimate of drug-likeness (QED) is 0.801. The van der Waals surface area contributed by atoms with Crippen molar-refractivity contribution >= 4 is 12.4 Å². The number of hydrogen-bond acceptors (Lipinski definition) is 3. The standard InChI is InChI=1S/C14H23NO2.ClH/c1-11(2)9-15-10-13(16)8-12-4-6-14(17-3)7-5-12;/h4-7,11,13,15-16H,8-10H2,1-3H3;1H. The summed E-state index contributed by atoms with van der Waals surface area (Å²) < 4.78 is 5.09. The number of halogens is 1. The Kier molecular flexibility index (Phi) is 8.81. The van der Waals surface area contributed by atoms with Crippen molar-refractivity contribution in [2.45, 2.75) is 26.4 Å². The third-order valence-electron chi connectivity index (χ3n) is 2.56. The van der Waals surface area contributed by atoms with E-state index in [4.69, 9.17) is 4.74 Å². The molecule has 0 aliphatic carbocycles. The highest BCUT2D eigenvalue weighted by Gasteiger charge is 2.05. The number of benzene rings is 1. The van der Waals surface area contributed by atoms with Crippen molar-refractivity contribution in [2.75, 3.05) is 20.2 Å². The molecule has 104 valence electrons. The molecule has 1 aromatic carbocycles. The van der Waals surface area contributed by atoms with E-state index < -0.39 is 0 Å². The van der Waals surface area contributed by atoms with Gasteiger partial charge in [-0.05, 0) is 36.6 Å². The SMILES string of the molecule is COc1ccc(CC(O)CNCC(C)C)cc1.Cl. The fourth-order valence-corrected chi connectivity index (χ4v) is 1.64. The Morgan fingerprint density at radius 3 is 2.28 bits per heavy atom. The zero-order chi connectivity index (χ0) is 12.7. The molecular weight excluding hydrogens is 250 g/mol. The van der Waals surface area contributed by atoms with Gasteiger partial charge in [0.05, 0.1) is 13.2 Å². The molecule has 0 saturated carbocycles. The first-order chi connectivity index (χ1) is 8.11. The van der Waals surface area contributed by atoms with E-state index in [1.54, 1.807) is 7.11 Å². The van der Waals surface area contributed by atoms with Crippen LogP contribution in [0.3, 0.4) is 0 Å². The minimum absolute atomic E-state index is 0. The van der Waals surface area contributed by atoms with E-state index in [-0.39, 0.29) is 18.5 Å². The summed E-state index contributed by atoms with van der Waals surface area (Å²) in [6, 6.07) is 7.82. The smallest absolute Gasteiger partial charge is 0.118 e. The van der Waals surface area contributed by atoms with Crippen molar-refractivity contribution < 1.29 is 9.84 Å². The van der Waals surface area contributed by atoms with Gasteiger partial charge in [0.2, 0.25) is 0 Å². The van der Waals surface area contributed by atoms with E-state index in [9.17, 15) is 5.11 Å². The van der Waals surface area contributed by atoms with Crippen LogP contribution >= 0.6 is 12.4 Å². The predicted octanol–water partition coefficient (Wildman–Crippen LogP) is 2.27. The Labute approximate surface area is 116 Å².